The second-order valence-electron chi connectivity index (χ2n) is 8.31. The molecular weight excluding hydrogens is 398 g/mol. The molecule has 0 heterocycles. The van der Waals surface area contributed by atoms with E-state index in [9.17, 15) is 29.7 Å². The van der Waals surface area contributed by atoms with Gasteiger partial charge in [-0.05, 0) is 18.9 Å². The number of unbranched alkanes of at least 4 members (excludes halogenated alkanes) is 8. The number of allylic oxidation sites excluding steroid dienone is 1. The van der Waals surface area contributed by atoms with Crippen LogP contribution in [0.25, 0.3) is 0 Å². The van der Waals surface area contributed by atoms with Gasteiger partial charge in [-0.2, -0.15) is 0 Å². The summed E-state index contributed by atoms with van der Waals surface area (Å²) in [4.78, 5) is 36.2. The largest absolute Gasteiger partial charge is 0.544 e. The SMILES string of the molecule is CCCCCCCCCC/C=C/[N+](C(CC)C(=O)[O-])(C(CC)C(=O)O)C(CC)C(=O)O. The van der Waals surface area contributed by atoms with E-state index in [-0.39, 0.29) is 19.3 Å². The highest BCUT2D eigenvalue weighted by Crippen LogP contribution is 2.32. The van der Waals surface area contributed by atoms with Gasteiger partial charge in [0.2, 0.25) is 0 Å². The number of hydrogen-bond donors (Lipinski definition) is 2. The average molecular weight is 442 g/mol. The molecule has 3 unspecified atom stereocenters. The number of aliphatic carboxylic acids is 3. The first kappa shape index (κ1) is 29.1. The molecule has 0 bridgehead atoms. The Labute approximate surface area is 187 Å². The highest BCUT2D eigenvalue weighted by molar-refractivity contribution is 5.77. The van der Waals surface area contributed by atoms with Crippen LogP contribution < -0.4 is 5.11 Å². The van der Waals surface area contributed by atoms with Crippen molar-refractivity contribution in [1.29, 1.82) is 0 Å². The van der Waals surface area contributed by atoms with Crippen LogP contribution in [0.4, 0.5) is 0 Å². The summed E-state index contributed by atoms with van der Waals surface area (Å²) in [5.41, 5.74) is 0. The zero-order valence-corrected chi connectivity index (χ0v) is 19.8. The van der Waals surface area contributed by atoms with Gasteiger partial charge >= 0.3 is 11.9 Å². The standard InChI is InChI=1S/C24H43NO6/c1-5-9-10-11-12-13-14-15-16-17-18-25(19(6-2)22(26)27,20(7-3)23(28)29)21(8-4)24(30)31/h17-21H,5-16H2,1-4H3,(H2-,26,27,28,29,30,31)/b18-17+. The molecule has 0 aromatic rings. The summed E-state index contributed by atoms with van der Waals surface area (Å²) in [6, 6.07) is -3.62. The molecule has 0 aromatic carbocycles. The molecule has 0 aliphatic rings. The van der Waals surface area contributed by atoms with E-state index >= 15 is 0 Å². The Kier molecular flexibility index (Phi) is 14.9. The third-order valence-corrected chi connectivity index (χ3v) is 6.21. The predicted molar refractivity (Wildman–Crippen MR) is 119 cm³/mol. The molecule has 0 aliphatic heterocycles. The summed E-state index contributed by atoms with van der Waals surface area (Å²) in [7, 11) is 0. The molecular formula is C24H43NO6. The fourth-order valence-corrected chi connectivity index (χ4v) is 4.65. The smallest absolute Gasteiger partial charge is 0.362 e. The second kappa shape index (κ2) is 15.8. The maximum atomic E-state index is 12.1. The van der Waals surface area contributed by atoms with Gasteiger partial charge in [0.15, 0.2) is 12.1 Å². The van der Waals surface area contributed by atoms with E-state index < -0.39 is 40.5 Å². The highest BCUT2D eigenvalue weighted by Gasteiger charge is 2.53. The van der Waals surface area contributed by atoms with E-state index in [1.807, 2.05) is 0 Å². The van der Waals surface area contributed by atoms with Crippen LogP contribution in [-0.2, 0) is 14.4 Å². The second-order valence-corrected chi connectivity index (χ2v) is 8.31. The van der Waals surface area contributed by atoms with Crippen molar-refractivity contribution in [3.8, 4) is 0 Å². The monoisotopic (exact) mass is 441 g/mol. The minimum Gasteiger partial charge on any atom is -0.544 e. The quantitative estimate of drug-likeness (QED) is 0.230. The van der Waals surface area contributed by atoms with Crippen molar-refractivity contribution in [2.24, 2.45) is 0 Å². The topological polar surface area (TPSA) is 115 Å². The maximum absolute atomic E-state index is 12.1. The van der Waals surface area contributed by atoms with Gasteiger partial charge < -0.3 is 20.1 Å². The molecule has 0 saturated carbocycles. The Morgan fingerprint density at radius 2 is 1.16 bits per heavy atom. The van der Waals surface area contributed by atoms with E-state index in [2.05, 4.69) is 6.92 Å². The molecule has 0 spiro atoms. The Balaban J connectivity index is 5.64. The third kappa shape index (κ3) is 8.63. The van der Waals surface area contributed by atoms with Crippen LogP contribution in [0.1, 0.15) is 105 Å². The first-order chi connectivity index (χ1) is 14.7. The van der Waals surface area contributed by atoms with E-state index in [0.29, 0.717) is 6.42 Å². The molecule has 180 valence electrons. The average Bonchev–Trinajstić information content (AvgIpc) is 2.69. The lowest BCUT2D eigenvalue weighted by Crippen LogP contribution is -2.70. The van der Waals surface area contributed by atoms with Crippen molar-refractivity contribution in [2.45, 2.75) is 123 Å². The maximum Gasteiger partial charge on any atom is 0.362 e. The summed E-state index contributed by atoms with van der Waals surface area (Å²) >= 11 is 0. The molecule has 31 heavy (non-hydrogen) atoms. The van der Waals surface area contributed by atoms with Gasteiger partial charge in [-0.3, -0.25) is 4.48 Å². The van der Waals surface area contributed by atoms with E-state index in [0.717, 1.165) is 19.3 Å². The van der Waals surface area contributed by atoms with Gasteiger partial charge in [0.1, 0.15) is 6.04 Å². The van der Waals surface area contributed by atoms with E-state index in [4.69, 9.17) is 0 Å². The molecule has 0 amide bonds. The van der Waals surface area contributed by atoms with Gasteiger partial charge in [-0.15, -0.1) is 0 Å². The number of carboxylic acid groups (broad SMARTS) is 3. The summed E-state index contributed by atoms with van der Waals surface area (Å²) in [5.74, 6) is -3.81. The zero-order chi connectivity index (χ0) is 23.9. The molecule has 0 rings (SSSR count). The normalized spacial score (nSPS) is 16.5. The number of quaternary nitrogens is 1. The van der Waals surface area contributed by atoms with Crippen molar-refractivity contribution >= 4 is 17.9 Å². The number of carbonyl (C=O) groups excluding carboxylic acids is 1. The Hall–Kier alpha value is -1.89. The lowest BCUT2D eigenvalue weighted by molar-refractivity contribution is -0.929. The van der Waals surface area contributed by atoms with Gasteiger partial charge in [0.05, 0.1) is 12.2 Å². The number of carboxylic acids is 3. The van der Waals surface area contributed by atoms with E-state index in [1.165, 1.54) is 38.3 Å². The van der Waals surface area contributed by atoms with Crippen molar-refractivity contribution in [3.63, 3.8) is 0 Å². The van der Waals surface area contributed by atoms with Gasteiger partial charge in [0, 0.05) is 19.3 Å². The zero-order valence-electron chi connectivity index (χ0n) is 19.8. The Morgan fingerprint density at radius 1 is 0.742 bits per heavy atom. The summed E-state index contributed by atoms with van der Waals surface area (Å²) in [6.07, 6.45) is 13.5. The predicted octanol–water partition coefficient (Wildman–Crippen LogP) is 4.10. The van der Waals surface area contributed by atoms with Crippen molar-refractivity contribution in [1.82, 2.24) is 0 Å². The summed E-state index contributed by atoms with van der Waals surface area (Å²) in [5, 5.41) is 31.7. The fraction of sp³-hybridized carbons (Fsp3) is 0.792. The minimum absolute atomic E-state index is 0.0813. The first-order valence-corrected chi connectivity index (χ1v) is 12.0. The molecule has 2 N–H and O–H groups in total. The van der Waals surface area contributed by atoms with Crippen molar-refractivity contribution in [2.75, 3.05) is 0 Å². The molecule has 0 saturated heterocycles. The lowest BCUT2D eigenvalue weighted by atomic mass is 9.95. The fourth-order valence-electron chi connectivity index (χ4n) is 4.65. The van der Waals surface area contributed by atoms with Gasteiger partial charge in [0.25, 0.3) is 0 Å². The number of nitrogens with zero attached hydrogens (tertiary/aromatic N) is 1. The minimum atomic E-state index is -1.42. The van der Waals surface area contributed by atoms with E-state index in [1.54, 1.807) is 26.8 Å². The molecule has 0 fully saturated rings. The van der Waals surface area contributed by atoms with Gasteiger partial charge in [-0.25, -0.2) is 9.59 Å². The molecule has 3 atom stereocenters. The van der Waals surface area contributed by atoms with Crippen molar-refractivity contribution in [3.05, 3.63) is 12.3 Å². The summed E-state index contributed by atoms with van der Waals surface area (Å²) < 4.78 is -0.645. The molecule has 7 nitrogen and oxygen atoms in total. The van der Waals surface area contributed by atoms with Crippen LogP contribution >= 0.6 is 0 Å². The van der Waals surface area contributed by atoms with Crippen LogP contribution in [-0.4, -0.2) is 50.7 Å². The molecule has 0 aliphatic carbocycles. The van der Waals surface area contributed by atoms with Gasteiger partial charge in [-0.1, -0.05) is 72.6 Å². The third-order valence-electron chi connectivity index (χ3n) is 6.21. The van der Waals surface area contributed by atoms with Crippen LogP contribution in [0.15, 0.2) is 12.3 Å². The number of carbonyl (C=O) groups is 3. The van der Waals surface area contributed by atoms with Crippen LogP contribution in [0.3, 0.4) is 0 Å². The van der Waals surface area contributed by atoms with Crippen LogP contribution in [0.5, 0.6) is 0 Å². The van der Waals surface area contributed by atoms with Crippen LogP contribution in [0, 0.1) is 0 Å². The lowest BCUT2D eigenvalue weighted by Gasteiger charge is -2.48. The first-order valence-electron chi connectivity index (χ1n) is 12.0. The molecule has 0 radical (unpaired) electrons. The summed E-state index contributed by atoms with van der Waals surface area (Å²) in [6.45, 7) is 7.11. The van der Waals surface area contributed by atoms with Crippen LogP contribution in [0.2, 0.25) is 0 Å². The Bertz CT molecular complexity index is 519. The Morgan fingerprint density at radius 3 is 1.52 bits per heavy atom. The highest BCUT2D eigenvalue weighted by atomic mass is 16.4. The number of hydrogen-bond acceptors (Lipinski definition) is 4. The molecule has 0 aromatic heterocycles. The van der Waals surface area contributed by atoms with Crippen molar-refractivity contribution < 1.29 is 34.2 Å². The molecule has 7 heteroatoms. The number of rotatable bonds is 19.